The molecule has 0 aliphatic heterocycles. The summed E-state index contributed by atoms with van der Waals surface area (Å²) >= 11 is 0. The Kier molecular flexibility index (Phi) is 12.2. The highest BCUT2D eigenvalue weighted by atomic mass is 17.3. The summed E-state index contributed by atoms with van der Waals surface area (Å²) in [7, 11) is 0. The van der Waals surface area contributed by atoms with Crippen LogP contribution in [0.4, 0.5) is 0 Å². The van der Waals surface area contributed by atoms with Gasteiger partial charge in [0.25, 0.3) is 0 Å². The van der Waals surface area contributed by atoms with E-state index in [-0.39, 0.29) is 19.5 Å². The zero-order valence-corrected chi connectivity index (χ0v) is 19.3. The lowest BCUT2D eigenvalue weighted by atomic mass is 10.1. The predicted octanol–water partition coefficient (Wildman–Crippen LogP) is 5.59. The van der Waals surface area contributed by atoms with Crippen LogP contribution in [0, 0.1) is 13.2 Å². The van der Waals surface area contributed by atoms with E-state index in [1.165, 1.54) is 0 Å². The second-order valence-electron chi connectivity index (χ2n) is 7.43. The molecule has 0 aliphatic rings. The van der Waals surface area contributed by atoms with Crippen LogP contribution in [0.1, 0.15) is 71.4 Å². The van der Waals surface area contributed by atoms with Crippen molar-refractivity contribution in [3.05, 3.63) is 84.0 Å². The number of rotatable bonds is 15. The first-order chi connectivity index (χ1) is 16.1. The van der Waals surface area contributed by atoms with Crippen molar-refractivity contribution in [1.82, 2.24) is 0 Å². The van der Waals surface area contributed by atoms with E-state index in [0.29, 0.717) is 11.1 Å². The minimum absolute atomic E-state index is 0.108. The van der Waals surface area contributed by atoms with Gasteiger partial charge in [0.1, 0.15) is 6.61 Å². The molecule has 0 fully saturated rings. The van der Waals surface area contributed by atoms with E-state index in [0.717, 1.165) is 49.7 Å². The van der Waals surface area contributed by atoms with Crippen LogP contribution in [0.5, 0.6) is 0 Å². The van der Waals surface area contributed by atoms with Gasteiger partial charge >= 0.3 is 18.2 Å². The van der Waals surface area contributed by atoms with Crippen molar-refractivity contribution in [2.45, 2.75) is 52.4 Å². The molecule has 2 aromatic carbocycles. The van der Waals surface area contributed by atoms with Crippen molar-refractivity contribution < 1.29 is 33.9 Å². The Bertz CT molecular complexity index is 763. The van der Waals surface area contributed by atoms with Crippen LogP contribution in [-0.2, 0) is 37.1 Å². The number of ether oxygens (including phenoxy) is 1. The van der Waals surface area contributed by atoms with E-state index in [2.05, 4.69) is 20.8 Å². The fraction of sp³-hybridized carbons (Fsp3) is 0.385. The van der Waals surface area contributed by atoms with Gasteiger partial charge in [-0.2, -0.15) is 0 Å². The van der Waals surface area contributed by atoms with Gasteiger partial charge in [-0.15, -0.1) is 9.78 Å². The van der Waals surface area contributed by atoms with Crippen molar-refractivity contribution in [3.8, 4) is 0 Å². The summed E-state index contributed by atoms with van der Waals surface area (Å²) < 4.78 is 5.10. The first-order valence-corrected chi connectivity index (χ1v) is 11.3. The molecule has 0 N–H and O–H groups in total. The van der Waals surface area contributed by atoms with Gasteiger partial charge in [-0.05, 0) is 68.0 Å². The molecule has 33 heavy (non-hydrogen) atoms. The number of unbranched alkanes of at least 4 members (excludes halogenated alkanes) is 2. The molecule has 0 saturated carbocycles. The number of aryl methyl sites for hydroxylation is 2. The SMILES string of the molecule is [CH2]COC[C](OOC(=O)c1ccc(CCCC)cc1)OOC(=O)c1ccc(CCCC)cc1. The maximum Gasteiger partial charge on any atom is 0.373 e. The Hall–Kier alpha value is -2.74. The topological polar surface area (TPSA) is 80.3 Å². The van der Waals surface area contributed by atoms with Crippen molar-refractivity contribution in [2.24, 2.45) is 0 Å². The predicted molar refractivity (Wildman–Crippen MR) is 123 cm³/mol. The third-order valence-corrected chi connectivity index (χ3v) is 4.80. The molecule has 0 unspecified atom stereocenters. The fourth-order valence-electron chi connectivity index (χ4n) is 2.86. The van der Waals surface area contributed by atoms with Gasteiger partial charge < -0.3 is 4.74 Å². The van der Waals surface area contributed by atoms with Gasteiger partial charge in [0.2, 0.25) is 0 Å². The first-order valence-electron chi connectivity index (χ1n) is 11.3. The van der Waals surface area contributed by atoms with E-state index >= 15 is 0 Å². The van der Waals surface area contributed by atoms with E-state index < -0.39 is 11.9 Å². The molecule has 0 bridgehead atoms. The summed E-state index contributed by atoms with van der Waals surface area (Å²) in [4.78, 5) is 43.9. The lowest BCUT2D eigenvalue weighted by Crippen LogP contribution is -2.20. The van der Waals surface area contributed by atoms with Crippen molar-refractivity contribution >= 4 is 11.9 Å². The van der Waals surface area contributed by atoms with Crippen LogP contribution >= 0.6 is 0 Å². The van der Waals surface area contributed by atoms with E-state index in [1.807, 2.05) is 24.3 Å². The third kappa shape index (κ3) is 9.74. The number of carbonyl (C=O) groups is 2. The number of benzene rings is 2. The van der Waals surface area contributed by atoms with Gasteiger partial charge in [-0.3, -0.25) is 9.78 Å². The average Bonchev–Trinajstić information content (AvgIpc) is 2.86. The number of hydrogen-bond acceptors (Lipinski definition) is 7. The van der Waals surface area contributed by atoms with Crippen LogP contribution in [0.25, 0.3) is 0 Å². The summed E-state index contributed by atoms with van der Waals surface area (Å²) in [5.41, 5.74) is 2.90. The molecule has 0 saturated heterocycles. The molecule has 2 rings (SSSR count). The number of hydrogen-bond donors (Lipinski definition) is 0. The highest BCUT2D eigenvalue weighted by molar-refractivity contribution is 5.89. The van der Waals surface area contributed by atoms with Gasteiger partial charge in [-0.1, -0.05) is 51.0 Å². The minimum Gasteiger partial charge on any atom is -0.375 e. The second kappa shape index (κ2) is 15.2. The van der Waals surface area contributed by atoms with Crippen molar-refractivity contribution in [3.63, 3.8) is 0 Å². The van der Waals surface area contributed by atoms with Crippen LogP contribution in [0.2, 0.25) is 0 Å². The number of carbonyl (C=O) groups excluding carboxylic acids is 2. The van der Waals surface area contributed by atoms with E-state index in [4.69, 9.17) is 24.3 Å². The Morgan fingerprint density at radius 3 is 1.48 bits per heavy atom. The van der Waals surface area contributed by atoms with Gasteiger partial charge in [0, 0.05) is 6.61 Å². The fourth-order valence-corrected chi connectivity index (χ4v) is 2.86. The van der Waals surface area contributed by atoms with Crippen LogP contribution in [0.3, 0.4) is 0 Å². The molecular formula is C26H32O7. The second-order valence-corrected chi connectivity index (χ2v) is 7.43. The molecule has 178 valence electrons. The summed E-state index contributed by atoms with van der Waals surface area (Å²) in [6.07, 6.45) is 5.90. The van der Waals surface area contributed by atoms with Crippen LogP contribution in [-0.4, -0.2) is 25.2 Å². The zero-order chi connectivity index (χ0) is 23.9. The summed E-state index contributed by atoms with van der Waals surface area (Å²) in [5, 5.41) is 0. The molecule has 0 spiro atoms. The molecular weight excluding hydrogens is 424 g/mol. The highest BCUT2D eigenvalue weighted by Crippen LogP contribution is 2.14. The zero-order valence-electron chi connectivity index (χ0n) is 19.3. The molecule has 0 aromatic heterocycles. The van der Waals surface area contributed by atoms with Gasteiger partial charge in [-0.25, -0.2) is 9.59 Å². The molecule has 7 nitrogen and oxygen atoms in total. The molecule has 2 radical (unpaired) electrons. The van der Waals surface area contributed by atoms with Crippen LogP contribution in [0.15, 0.2) is 48.5 Å². The molecule has 7 heteroatoms. The van der Waals surface area contributed by atoms with Gasteiger partial charge in [0.05, 0.1) is 11.1 Å². The molecule has 0 aliphatic carbocycles. The molecule has 2 aromatic rings. The van der Waals surface area contributed by atoms with Gasteiger partial charge in [0.15, 0.2) is 0 Å². The lowest BCUT2D eigenvalue weighted by Gasteiger charge is -2.13. The Balaban J connectivity index is 1.85. The minimum atomic E-state index is -0.721. The smallest absolute Gasteiger partial charge is 0.373 e. The van der Waals surface area contributed by atoms with E-state index in [1.54, 1.807) is 24.3 Å². The van der Waals surface area contributed by atoms with Crippen LogP contribution < -0.4 is 0 Å². The molecule has 0 atom stereocenters. The first kappa shape index (κ1) is 26.5. The Labute approximate surface area is 195 Å². The maximum absolute atomic E-state index is 12.2. The Morgan fingerprint density at radius 1 is 0.697 bits per heavy atom. The normalized spacial score (nSPS) is 10.9. The van der Waals surface area contributed by atoms with Crippen molar-refractivity contribution in [1.29, 1.82) is 0 Å². The third-order valence-electron chi connectivity index (χ3n) is 4.80. The standard InChI is InChI=1S/C26H32O7/c1-4-7-9-20-11-15-22(16-12-20)25(27)32-30-24(19-29-6-3)31-33-26(28)23-17-13-21(14-18-23)10-8-5-2/h11-18H,3-10,19H2,1-2H3. The largest absolute Gasteiger partial charge is 0.375 e. The van der Waals surface area contributed by atoms with E-state index in [9.17, 15) is 9.59 Å². The monoisotopic (exact) mass is 456 g/mol. The summed E-state index contributed by atoms with van der Waals surface area (Å²) in [5.74, 6) is -1.44. The highest BCUT2D eigenvalue weighted by Gasteiger charge is 2.22. The quantitative estimate of drug-likeness (QED) is 0.255. The summed E-state index contributed by atoms with van der Waals surface area (Å²) in [6, 6.07) is 14.1. The Morgan fingerprint density at radius 2 is 1.12 bits per heavy atom. The maximum atomic E-state index is 12.2. The molecule has 0 heterocycles. The summed E-state index contributed by atoms with van der Waals surface area (Å²) in [6.45, 7) is 7.66. The average molecular weight is 457 g/mol. The lowest BCUT2D eigenvalue weighted by molar-refractivity contribution is -0.368. The van der Waals surface area contributed by atoms with Crippen molar-refractivity contribution in [2.75, 3.05) is 13.2 Å². The molecule has 0 amide bonds.